The van der Waals surface area contributed by atoms with Gasteiger partial charge in [-0.15, -0.1) is 0 Å². The van der Waals surface area contributed by atoms with Crippen LogP contribution >= 0.6 is 15.9 Å². The number of aryl methyl sites for hydroxylation is 1. The molecule has 44 heavy (non-hydrogen) atoms. The SMILES string of the molecule is Cc1ccc(CN(C(=O)CN(c2ccc(Br)cc2)S(=O)(=O)c2ccccc2)C(Cc2ccccc2)C(=O)NCC(C)C)cc1. The maximum absolute atomic E-state index is 14.4. The number of carbonyl (C=O) groups is 2. The minimum absolute atomic E-state index is 0.0660. The van der Waals surface area contributed by atoms with Gasteiger partial charge in [0.15, 0.2) is 0 Å². The van der Waals surface area contributed by atoms with Crippen LogP contribution in [0.15, 0.2) is 119 Å². The van der Waals surface area contributed by atoms with Crippen molar-refractivity contribution in [1.29, 1.82) is 0 Å². The second-order valence-corrected chi connectivity index (χ2v) is 13.9. The van der Waals surface area contributed by atoms with Crippen molar-refractivity contribution < 1.29 is 18.0 Å². The van der Waals surface area contributed by atoms with Crippen LogP contribution in [0.4, 0.5) is 5.69 Å². The molecular formula is C35H38BrN3O4S. The Balaban J connectivity index is 1.78. The van der Waals surface area contributed by atoms with Crippen LogP contribution in [0.5, 0.6) is 0 Å². The Bertz CT molecular complexity index is 1630. The molecular weight excluding hydrogens is 638 g/mol. The van der Waals surface area contributed by atoms with Crippen molar-refractivity contribution in [3.63, 3.8) is 0 Å². The average molecular weight is 677 g/mol. The number of amides is 2. The number of carbonyl (C=O) groups excluding carboxylic acids is 2. The minimum atomic E-state index is -4.13. The molecule has 230 valence electrons. The van der Waals surface area contributed by atoms with Crippen molar-refractivity contribution >= 4 is 43.5 Å². The molecule has 4 rings (SSSR count). The number of hydrogen-bond donors (Lipinski definition) is 1. The van der Waals surface area contributed by atoms with Crippen molar-refractivity contribution in [3.05, 3.63) is 130 Å². The van der Waals surface area contributed by atoms with Gasteiger partial charge in [0, 0.05) is 24.0 Å². The van der Waals surface area contributed by atoms with E-state index < -0.39 is 28.5 Å². The summed E-state index contributed by atoms with van der Waals surface area (Å²) in [6, 6.07) is 31.2. The normalized spacial score (nSPS) is 12.0. The quantitative estimate of drug-likeness (QED) is 0.179. The maximum atomic E-state index is 14.4. The Morgan fingerprint density at radius 1 is 0.795 bits per heavy atom. The zero-order chi connectivity index (χ0) is 31.7. The first kappa shape index (κ1) is 33.0. The molecule has 0 aliphatic heterocycles. The molecule has 1 unspecified atom stereocenters. The predicted octanol–water partition coefficient (Wildman–Crippen LogP) is 6.37. The maximum Gasteiger partial charge on any atom is 0.264 e. The number of anilines is 1. The van der Waals surface area contributed by atoms with Gasteiger partial charge in [-0.1, -0.05) is 108 Å². The molecule has 0 aliphatic rings. The number of benzene rings is 4. The van der Waals surface area contributed by atoms with Gasteiger partial charge in [-0.05, 0) is 60.4 Å². The van der Waals surface area contributed by atoms with Crippen molar-refractivity contribution in [2.45, 2.75) is 44.7 Å². The number of hydrogen-bond acceptors (Lipinski definition) is 4. The highest BCUT2D eigenvalue weighted by Crippen LogP contribution is 2.26. The molecule has 0 radical (unpaired) electrons. The Hall–Kier alpha value is -3.95. The van der Waals surface area contributed by atoms with Gasteiger partial charge in [-0.25, -0.2) is 8.42 Å². The number of rotatable bonds is 13. The van der Waals surface area contributed by atoms with E-state index in [2.05, 4.69) is 21.2 Å². The van der Waals surface area contributed by atoms with E-state index in [1.807, 2.05) is 75.4 Å². The molecule has 0 spiro atoms. The van der Waals surface area contributed by atoms with Gasteiger partial charge in [0.25, 0.3) is 10.0 Å². The second-order valence-electron chi connectivity index (χ2n) is 11.2. The fraction of sp³-hybridized carbons (Fsp3) is 0.257. The number of nitrogens with zero attached hydrogens (tertiary/aromatic N) is 2. The molecule has 1 atom stereocenters. The third kappa shape index (κ3) is 8.80. The number of nitrogens with one attached hydrogen (secondary N) is 1. The van der Waals surface area contributed by atoms with Crippen LogP contribution in [-0.4, -0.2) is 44.3 Å². The van der Waals surface area contributed by atoms with Crippen LogP contribution in [0, 0.1) is 12.8 Å². The van der Waals surface area contributed by atoms with Crippen molar-refractivity contribution in [2.24, 2.45) is 5.92 Å². The second kappa shape index (κ2) is 15.2. The highest BCUT2D eigenvalue weighted by atomic mass is 79.9. The summed E-state index contributed by atoms with van der Waals surface area (Å²) in [5, 5.41) is 3.01. The first-order valence-corrected chi connectivity index (χ1v) is 16.8. The first-order valence-electron chi connectivity index (χ1n) is 14.5. The number of halogens is 1. The minimum Gasteiger partial charge on any atom is -0.354 e. The lowest BCUT2D eigenvalue weighted by atomic mass is 10.0. The zero-order valence-corrected chi connectivity index (χ0v) is 27.6. The fourth-order valence-electron chi connectivity index (χ4n) is 4.72. The largest absolute Gasteiger partial charge is 0.354 e. The monoisotopic (exact) mass is 675 g/mol. The smallest absolute Gasteiger partial charge is 0.264 e. The molecule has 0 fully saturated rings. The third-order valence-corrected chi connectivity index (χ3v) is 9.47. The number of sulfonamides is 1. The van der Waals surface area contributed by atoms with E-state index >= 15 is 0 Å². The summed E-state index contributed by atoms with van der Waals surface area (Å²) in [5.74, 6) is -0.570. The summed E-state index contributed by atoms with van der Waals surface area (Å²) in [7, 11) is -4.13. The van der Waals surface area contributed by atoms with Crippen molar-refractivity contribution in [2.75, 3.05) is 17.4 Å². The van der Waals surface area contributed by atoms with E-state index in [1.54, 1.807) is 42.5 Å². The zero-order valence-electron chi connectivity index (χ0n) is 25.2. The van der Waals surface area contributed by atoms with Crippen LogP contribution in [0.3, 0.4) is 0 Å². The van der Waals surface area contributed by atoms with Gasteiger partial charge < -0.3 is 10.2 Å². The molecule has 1 N–H and O–H groups in total. The van der Waals surface area contributed by atoms with E-state index in [9.17, 15) is 18.0 Å². The lowest BCUT2D eigenvalue weighted by molar-refractivity contribution is -0.140. The standard InChI is InChI=1S/C35H38BrN3O4S/c1-26(2)23-37-35(41)33(22-28-10-6-4-7-11-28)38(24-29-16-14-27(3)15-17-29)34(40)25-39(31-20-18-30(36)19-21-31)44(42,43)32-12-8-5-9-13-32/h4-21,26,33H,22-25H2,1-3H3,(H,37,41). The molecule has 2 amide bonds. The Morgan fingerprint density at radius 2 is 1.39 bits per heavy atom. The van der Waals surface area contributed by atoms with E-state index in [4.69, 9.17) is 0 Å². The summed E-state index contributed by atoms with van der Waals surface area (Å²) in [5.41, 5.74) is 3.13. The fourth-order valence-corrected chi connectivity index (χ4v) is 6.42. The molecule has 0 heterocycles. The van der Waals surface area contributed by atoms with Crippen LogP contribution in [-0.2, 0) is 32.6 Å². The van der Waals surface area contributed by atoms with Crippen LogP contribution in [0.2, 0.25) is 0 Å². The van der Waals surface area contributed by atoms with Crippen LogP contribution < -0.4 is 9.62 Å². The van der Waals surface area contributed by atoms with Gasteiger partial charge in [0.05, 0.1) is 10.6 Å². The van der Waals surface area contributed by atoms with Gasteiger partial charge >= 0.3 is 0 Å². The molecule has 0 saturated carbocycles. The Morgan fingerprint density at radius 3 is 1.98 bits per heavy atom. The summed E-state index contributed by atoms with van der Waals surface area (Å²) in [6.45, 7) is 6.08. The lowest BCUT2D eigenvalue weighted by Crippen LogP contribution is -2.53. The first-order chi connectivity index (χ1) is 21.0. The Kier molecular flexibility index (Phi) is 11.4. The van der Waals surface area contributed by atoms with E-state index in [1.165, 1.54) is 17.0 Å². The molecule has 0 aromatic heterocycles. The van der Waals surface area contributed by atoms with Crippen molar-refractivity contribution in [3.8, 4) is 0 Å². The third-order valence-electron chi connectivity index (χ3n) is 7.15. The molecule has 9 heteroatoms. The molecule has 0 aliphatic carbocycles. The van der Waals surface area contributed by atoms with Crippen molar-refractivity contribution in [1.82, 2.24) is 10.2 Å². The van der Waals surface area contributed by atoms with E-state index in [0.29, 0.717) is 12.2 Å². The highest BCUT2D eigenvalue weighted by Gasteiger charge is 2.34. The summed E-state index contributed by atoms with van der Waals surface area (Å²) < 4.78 is 29.9. The van der Waals surface area contributed by atoms with Crippen LogP contribution in [0.1, 0.15) is 30.5 Å². The highest BCUT2D eigenvalue weighted by molar-refractivity contribution is 9.10. The molecule has 0 bridgehead atoms. The molecule has 4 aromatic rings. The summed E-state index contributed by atoms with van der Waals surface area (Å²) in [4.78, 5) is 29.8. The summed E-state index contributed by atoms with van der Waals surface area (Å²) >= 11 is 3.41. The van der Waals surface area contributed by atoms with Gasteiger partial charge in [-0.3, -0.25) is 13.9 Å². The Labute approximate surface area is 269 Å². The van der Waals surface area contributed by atoms with Gasteiger partial charge in [0.1, 0.15) is 12.6 Å². The predicted molar refractivity (Wildman–Crippen MR) is 179 cm³/mol. The van der Waals surface area contributed by atoms with E-state index in [-0.39, 0.29) is 29.7 Å². The van der Waals surface area contributed by atoms with E-state index in [0.717, 1.165) is 25.5 Å². The molecule has 7 nitrogen and oxygen atoms in total. The van der Waals surface area contributed by atoms with Gasteiger partial charge in [-0.2, -0.15) is 0 Å². The topological polar surface area (TPSA) is 86.8 Å². The average Bonchev–Trinajstić information content (AvgIpc) is 3.02. The van der Waals surface area contributed by atoms with Crippen LogP contribution in [0.25, 0.3) is 0 Å². The summed E-state index contributed by atoms with van der Waals surface area (Å²) in [6.07, 6.45) is 0.270. The molecule has 4 aromatic carbocycles. The van der Waals surface area contributed by atoms with Gasteiger partial charge in [0.2, 0.25) is 11.8 Å². The lowest BCUT2D eigenvalue weighted by Gasteiger charge is -2.34. The molecule has 0 saturated heterocycles.